The maximum Gasteiger partial charge on any atom is 0.156 e. The summed E-state index contributed by atoms with van der Waals surface area (Å²) < 4.78 is 13.1. The molecule has 86 valence electrons. The van der Waals surface area contributed by atoms with Gasteiger partial charge in [0, 0.05) is 0 Å². The molecule has 0 radical (unpaired) electrons. The van der Waals surface area contributed by atoms with Crippen LogP contribution in [0.25, 0.3) is 0 Å². The van der Waals surface area contributed by atoms with Crippen molar-refractivity contribution >= 4 is 0 Å². The van der Waals surface area contributed by atoms with E-state index in [0.717, 1.165) is 0 Å². The molecule has 0 saturated heterocycles. The molecule has 0 aromatic heterocycles. The number of aliphatic hydroxyl groups excluding tert-OH is 4. The predicted molar refractivity (Wildman–Crippen MR) is 49.5 cm³/mol. The molecule has 4 nitrogen and oxygen atoms in total. The summed E-state index contributed by atoms with van der Waals surface area (Å²) in [4.78, 5) is 0. The zero-order valence-electron chi connectivity index (χ0n) is 8.47. The van der Waals surface area contributed by atoms with E-state index < -0.39 is 31.1 Å². The average molecular weight is 210 g/mol. The van der Waals surface area contributed by atoms with Gasteiger partial charge in [-0.25, -0.2) is 4.39 Å². The summed E-state index contributed by atoms with van der Waals surface area (Å²) in [7, 11) is 0. The highest BCUT2D eigenvalue weighted by Gasteiger charge is 2.31. The molecule has 0 rings (SSSR count). The van der Waals surface area contributed by atoms with Gasteiger partial charge in [-0.15, -0.1) is 0 Å². The predicted octanol–water partition coefficient (Wildman–Crippen LogP) is -0.554. The zero-order chi connectivity index (χ0) is 11.3. The van der Waals surface area contributed by atoms with Gasteiger partial charge in [-0.3, -0.25) is 0 Å². The van der Waals surface area contributed by atoms with Crippen LogP contribution in [-0.2, 0) is 0 Å². The van der Waals surface area contributed by atoms with E-state index in [1.54, 1.807) is 0 Å². The molecule has 0 saturated carbocycles. The van der Waals surface area contributed by atoms with Gasteiger partial charge in [0.05, 0.1) is 12.7 Å². The average Bonchev–Trinajstić information content (AvgIpc) is 2.13. The van der Waals surface area contributed by atoms with Crippen molar-refractivity contribution in [2.24, 2.45) is 5.92 Å². The molecule has 0 aliphatic carbocycles. The Balaban J connectivity index is 4.09. The second-order valence-corrected chi connectivity index (χ2v) is 3.88. The van der Waals surface area contributed by atoms with Crippen molar-refractivity contribution < 1.29 is 24.8 Å². The standard InChI is InChI=1S/C9H19FO4/c1-5(2)3-6(12)9(14)8(10)7(13)4-11/h5-9,11-14H,3-4H2,1-2H3. The van der Waals surface area contributed by atoms with Crippen molar-refractivity contribution in [1.82, 2.24) is 0 Å². The lowest BCUT2D eigenvalue weighted by atomic mass is 9.97. The van der Waals surface area contributed by atoms with Gasteiger partial charge in [0.15, 0.2) is 6.17 Å². The molecule has 0 heterocycles. The van der Waals surface area contributed by atoms with E-state index in [1.807, 2.05) is 13.8 Å². The Morgan fingerprint density at radius 1 is 1.07 bits per heavy atom. The molecule has 14 heavy (non-hydrogen) atoms. The molecule has 4 atom stereocenters. The van der Waals surface area contributed by atoms with Crippen LogP contribution in [0.2, 0.25) is 0 Å². The molecule has 4 unspecified atom stereocenters. The quantitative estimate of drug-likeness (QED) is 0.474. The number of aliphatic hydroxyl groups is 4. The van der Waals surface area contributed by atoms with E-state index in [9.17, 15) is 14.6 Å². The van der Waals surface area contributed by atoms with Gasteiger partial charge >= 0.3 is 0 Å². The van der Waals surface area contributed by atoms with Crippen LogP contribution < -0.4 is 0 Å². The summed E-state index contributed by atoms with van der Waals surface area (Å²) in [6, 6.07) is 0. The van der Waals surface area contributed by atoms with E-state index in [0.29, 0.717) is 0 Å². The number of halogens is 1. The molecule has 5 heteroatoms. The lowest BCUT2D eigenvalue weighted by Crippen LogP contribution is -2.43. The van der Waals surface area contributed by atoms with Crippen LogP contribution in [0.15, 0.2) is 0 Å². The second-order valence-electron chi connectivity index (χ2n) is 3.88. The molecular weight excluding hydrogens is 191 g/mol. The van der Waals surface area contributed by atoms with Gasteiger partial charge in [0.25, 0.3) is 0 Å². The van der Waals surface area contributed by atoms with E-state index in [-0.39, 0.29) is 12.3 Å². The minimum absolute atomic E-state index is 0.123. The molecule has 0 fully saturated rings. The van der Waals surface area contributed by atoms with Crippen LogP contribution in [0.1, 0.15) is 20.3 Å². The Bertz CT molecular complexity index is 154. The summed E-state index contributed by atoms with van der Waals surface area (Å²) in [5.41, 5.74) is 0. The Morgan fingerprint density at radius 2 is 1.57 bits per heavy atom. The number of hydrogen-bond donors (Lipinski definition) is 4. The number of hydrogen-bond acceptors (Lipinski definition) is 4. The van der Waals surface area contributed by atoms with Crippen LogP contribution in [0.5, 0.6) is 0 Å². The molecule has 0 aliphatic rings. The summed E-state index contributed by atoms with van der Waals surface area (Å²) in [5, 5.41) is 35.9. The molecule has 0 aromatic carbocycles. The van der Waals surface area contributed by atoms with Gasteiger partial charge in [-0.1, -0.05) is 13.8 Å². The number of rotatable bonds is 6. The molecule has 0 bridgehead atoms. The van der Waals surface area contributed by atoms with Gasteiger partial charge in [-0.05, 0) is 12.3 Å². The zero-order valence-corrected chi connectivity index (χ0v) is 8.47. The van der Waals surface area contributed by atoms with Gasteiger partial charge < -0.3 is 20.4 Å². The maximum absolute atomic E-state index is 13.1. The van der Waals surface area contributed by atoms with Crippen molar-refractivity contribution in [2.45, 2.75) is 44.8 Å². The highest BCUT2D eigenvalue weighted by atomic mass is 19.1. The SMILES string of the molecule is CC(C)CC(O)C(O)C(F)C(O)CO. The minimum Gasteiger partial charge on any atom is -0.394 e. The Labute approximate surface area is 83.0 Å². The first kappa shape index (κ1) is 13.8. The fraction of sp³-hybridized carbons (Fsp3) is 1.00. The van der Waals surface area contributed by atoms with Crippen molar-refractivity contribution in [3.05, 3.63) is 0 Å². The Morgan fingerprint density at radius 3 is 1.93 bits per heavy atom. The largest absolute Gasteiger partial charge is 0.394 e. The first-order valence-electron chi connectivity index (χ1n) is 4.69. The van der Waals surface area contributed by atoms with E-state index in [4.69, 9.17) is 10.2 Å². The van der Waals surface area contributed by atoms with Crippen LogP contribution in [0.3, 0.4) is 0 Å². The van der Waals surface area contributed by atoms with E-state index in [1.165, 1.54) is 0 Å². The van der Waals surface area contributed by atoms with E-state index in [2.05, 4.69) is 0 Å². The van der Waals surface area contributed by atoms with Gasteiger partial charge in [0.2, 0.25) is 0 Å². The lowest BCUT2D eigenvalue weighted by Gasteiger charge is -2.24. The summed E-state index contributed by atoms with van der Waals surface area (Å²) >= 11 is 0. The van der Waals surface area contributed by atoms with E-state index >= 15 is 0 Å². The summed E-state index contributed by atoms with van der Waals surface area (Å²) in [5.74, 6) is 0.123. The van der Waals surface area contributed by atoms with Crippen LogP contribution in [0.4, 0.5) is 4.39 Å². The van der Waals surface area contributed by atoms with Crippen molar-refractivity contribution in [1.29, 1.82) is 0 Å². The third-order valence-electron chi connectivity index (χ3n) is 1.99. The summed E-state index contributed by atoms with van der Waals surface area (Å²) in [6.07, 6.45) is -6.29. The van der Waals surface area contributed by atoms with Crippen molar-refractivity contribution in [3.8, 4) is 0 Å². The van der Waals surface area contributed by atoms with Crippen molar-refractivity contribution in [3.63, 3.8) is 0 Å². The smallest absolute Gasteiger partial charge is 0.156 e. The molecular formula is C9H19FO4. The molecule has 0 aromatic rings. The van der Waals surface area contributed by atoms with Gasteiger partial charge in [0.1, 0.15) is 12.2 Å². The second kappa shape index (κ2) is 6.29. The fourth-order valence-electron chi connectivity index (χ4n) is 1.16. The third-order valence-corrected chi connectivity index (χ3v) is 1.99. The highest BCUT2D eigenvalue weighted by molar-refractivity contribution is 4.81. The molecule has 4 N–H and O–H groups in total. The lowest BCUT2D eigenvalue weighted by molar-refractivity contribution is -0.0859. The molecule has 0 aliphatic heterocycles. The van der Waals surface area contributed by atoms with Crippen molar-refractivity contribution in [2.75, 3.05) is 6.61 Å². The third kappa shape index (κ3) is 4.32. The Kier molecular flexibility index (Phi) is 6.19. The van der Waals surface area contributed by atoms with Crippen LogP contribution in [0, 0.1) is 5.92 Å². The minimum atomic E-state index is -2.02. The molecule has 0 amide bonds. The topological polar surface area (TPSA) is 80.9 Å². The molecule has 0 spiro atoms. The normalized spacial score (nSPS) is 20.6. The first-order valence-corrected chi connectivity index (χ1v) is 4.69. The van der Waals surface area contributed by atoms with Crippen LogP contribution >= 0.6 is 0 Å². The number of alkyl halides is 1. The maximum atomic E-state index is 13.1. The first-order chi connectivity index (χ1) is 6.40. The Hall–Kier alpha value is -0.230. The monoisotopic (exact) mass is 210 g/mol. The van der Waals surface area contributed by atoms with Crippen LogP contribution in [-0.4, -0.2) is 51.5 Å². The highest BCUT2D eigenvalue weighted by Crippen LogP contribution is 2.14. The fourth-order valence-corrected chi connectivity index (χ4v) is 1.16. The summed E-state index contributed by atoms with van der Waals surface area (Å²) in [6.45, 7) is 2.88. The van der Waals surface area contributed by atoms with Gasteiger partial charge in [-0.2, -0.15) is 0 Å².